The van der Waals surface area contributed by atoms with Crippen molar-refractivity contribution in [2.24, 2.45) is 0 Å². The standard InChI is InChI=1S/C22H17BrClN3O5S2/c23-15-6-11-19(18(24)12-15)32-13-20(28)26-22(33)25-16-7-9-17(10-8-16)34(30,31)27-21(29)14-4-2-1-3-5-14/h1-12H,13H2,(H,27,29)(H2,25,26,28,33). The van der Waals surface area contributed by atoms with Crippen molar-refractivity contribution in [3.63, 3.8) is 0 Å². The third-order valence-electron chi connectivity index (χ3n) is 4.19. The van der Waals surface area contributed by atoms with Crippen molar-refractivity contribution in [2.45, 2.75) is 4.90 Å². The summed E-state index contributed by atoms with van der Waals surface area (Å²) in [6.07, 6.45) is 0. The number of hydrogen-bond donors (Lipinski definition) is 3. The van der Waals surface area contributed by atoms with Gasteiger partial charge in [0.05, 0.1) is 9.92 Å². The van der Waals surface area contributed by atoms with E-state index in [2.05, 4.69) is 26.6 Å². The van der Waals surface area contributed by atoms with Crippen molar-refractivity contribution in [3.8, 4) is 5.75 Å². The van der Waals surface area contributed by atoms with Crippen molar-refractivity contribution >= 4 is 72.4 Å². The second kappa shape index (κ2) is 11.4. The van der Waals surface area contributed by atoms with E-state index in [-0.39, 0.29) is 22.2 Å². The van der Waals surface area contributed by atoms with Crippen LogP contribution in [0.25, 0.3) is 0 Å². The molecule has 0 aromatic heterocycles. The summed E-state index contributed by atoms with van der Waals surface area (Å²) in [6, 6.07) is 18.5. The van der Waals surface area contributed by atoms with Gasteiger partial charge in [-0.05, 0) is 66.8 Å². The Morgan fingerprint density at radius 3 is 2.32 bits per heavy atom. The molecule has 0 aliphatic heterocycles. The van der Waals surface area contributed by atoms with Crippen molar-refractivity contribution in [3.05, 3.63) is 87.9 Å². The van der Waals surface area contributed by atoms with E-state index in [9.17, 15) is 18.0 Å². The molecule has 0 fully saturated rings. The SMILES string of the molecule is O=C(COc1ccc(Br)cc1Cl)NC(=S)Nc1ccc(S(=O)(=O)NC(=O)c2ccccc2)cc1. The Bertz CT molecular complexity index is 1320. The van der Waals surface area contributed by atoms with Gasteiger partial charge in [0.15, 0.2) is 11.7 Å². The fraction of sp³-hybridized carbons (Fsp3) is 0.0455. The Balaban J connectivity index is 1.52. The number of carbonyl (C=O) groups excluding carboxylic acids is 2. The minimum Gasteiger partial charge on any atom is -0.482 e. The predicted octanol–water partition coefficient (Wildman–Crippen LogP) is 4.11. The summed E-state index contributed by atoms with van der Waals surface area (Å²) in [5.41, 5.74) is 0.646. The Hall–Kier alpha value is -2.99. The summed E-state index contributed by atoms with van der Waals surface area (Å²) in [5, 5.41) is 5.55. The number of amides is 2. The molecule has 2 amide bonds. The average molecular weight is 583 g/mol. The van der Waals surface area contributed by atoms with Gasteiger partial charge in [-0.1, -0.05) is 45.7 Å². The van der Waals surface area contributed by atoms with Crippen LogP contribution in [0.2, 0.25) is 5.02 Å². The van der Waals surface area contributed by atoms with Gasteiger partial charge in [-0.2, -0.15) is 0 Å². The molecule has 0 unspecified atom stereocenters. The molecular weight excluding hydrogens is 566 g/mol. The molecule has 12 heteroatoms. The number of nitrogens with one attached hydrogen (secondary N) is 3. The van der Waals surface area contributed by atoms with Crippen LogP contribution in [0.4, 0.5) is 5.69 Å². The van der Waals surface area contributed by atoms with Crippen LogP contribution in [0.5, 0.6) is 5.75 Å². The molecule has 8 nitrogen and oxygen atoms in total. The first-order chi connectivity index (χ1) is 16.1. The number of thiocarbonyl (C=S) groups is 1. The van der Waals surface area contributed by atoms with Gasteiger partial charge < -0.3 is 10.1 Å². The molecule has 3 N–H and O–H groups in total. The van der Waals surface area contributed by atoms with E-state index in [1.54, 1.807) is 36.4 Å². The van der Waals surface area contributed by atoms with Crippen LogP contribution < -0.4 is 20.1 Å². The van der Waals surface area contributed by atoms with E-state index in [0.29, 0.717) is 16.5 Å². The highest BCUT2D eigenvalue weighted by molar-refractivity contribution is 9.10. The zero-order valence-electron chi connectivity index (χ0n) is 17.2. The molecule has 0 heterocycles. The monoisotopic (exact) mass is 581 g/mol. The summed E-state index contributed by atoms with van der Waals surface area (Å²) in [4.78, 5) is 24.1. The molecule has 3 aromatic carbocycles. The molecule has 0 spiro atoms. The van der Waals surface area contributed by atoms with E-state index in [0.717, 1.165) is 4.47 Å². The Morgan fingerprint density at radius 1 is 1.00 bits per heavy atom. The molecule has 34 heavy (non-hydrogen) atoms. The zero-order chi connectivity index (χ0) is 24.7. The Kier molecular flexibility index (Phi) is 8.61. The first kappa shape index (κ1) is 25.6. The molecule has 3 rings (SSSR count). The van der Waals surface area contributed by atoms with Crippen molar-refractivity contribution in [1.29, 1.82) is 0 Å². The van der Waals surface area contributed by atoms with Crippen molar-refractivity contribution in [1.82, 2.24) is 10.0 Å². The van der Waals surface area contributed by atoms with Gasteiger partial charge in [0.25, 0.3) is 21.8 Å². The van der Waals surface area contributed by atoms with E-state index >= 15 is 0 Å². The van der Waals surface area contributed by atoms with E-state index < -0.39 is 21.8 Å². The molecular formula is C22H17BrClN3O5S2. The molecule has 0 bridgehead atoms. The maximum atomic E-state index is 12.5. The topological polar surface area (TPSA) is 114 Å². The zero-order valence-corrected chi connectivity index (χ0v) is 21.2. The van der Waals surface area contributed by atoms with Crippen LogP contribution >= 0.6 is 39.7 Å². The van der Waals surface area contributed by atoms with Gasteiger partial charge in [-0.15, -0.1) is 0 Å². The van der Waals surface area contributed by atoms with E-state index in [1.807, 2.05) is 4.72 Å². The minimum absolute atomic E-state index is 0.0107. The number of ether oxygens (including phenoxy) is 1. The van der Waals surface area contributed by atoms with Gasteiger partial charge in [-0.25, -0.2) is 13.1 Å². The third kappa shape index (κ3) is 7.26. The van der Waals surface area contributed by atoms with Crippen LogP contribution in [0, 0.1) is 0 Å². The highest BCUT2D eigenvalue weighted by Gasteiger charge is 2.18. The maximum absolute atomic E-state index is 12.5. The maximum Gasteiger partial charge on any atom is 0.264 e. The second-order valence-electron chi connectivity index (χ2n) is 6.69. The summed E-state index contributed by atoms with van der Waals surface area (Å²) < 4.78 is 33.1. The van der Waals surface area contributed by atoms with Crippen LogP contribution in [0.3, 0.4) is 0 Å². The van der Waals surface area contributed by atoms with E-state index in [1.165, 1.54) is 36.4 Å². The largest absolute Gasteiger partial charge is 0.482 e. The lowest BCUT2D eigenvalue weighted by Crippen LogP contribution is -2.37. The van der Waals surface area contributed by atoms with Gasteiger partial charge in [0, 0.05) is 15.7 Å². The molecule has 0 atom stereocenters. The van der Waals surface area contributed by atoms with Gasteiger partial charge >= 0.3 is 0 Å². The molecule has 0 saturated heterocycles. The molecule has 0 saturated carbocycles. The second-order valence-corrected chi connectivity index (χ2v) is 10.1. The average Bonchev–Trinajstić information content (AvgIpc) is 2.79. The van der Waals surface area contributed by atoms with Crippen molar-refractivity contribution in [2.75, 3.05) is 11.9 Å². The first-order valence-corrected chi connectivity index (χ1v) is 12.6. The number of benzene rings is 3. The summed E-state index contributed by atoms with van der Waals surface area (Å²) in [6.45, 7) is -0.318. The van der Waals surface area contributed by atoms with Crippen LogP contribution in [-0.2, 0) is 14.8 Å². The highest BCUT2D eigenvalue weighted by Crippen LogP contribution is 2.27. The predicted molar refractivity (Wildman–Crippen MR) is 137 cm³/mol. The molecule has 176 valence electrons. The quantitative estimate of drug-likeness (QED) is 0.359. The van der Waals surface area contributed by atoms with E-state index in [4.69, 9.17) is 28.6 Å². The number of rotatable bonds is 7. The molecule has 0 aliphatic rings. The van der Waals surface area contributed by atoms with Crippen LogP contribution in [0.15, 0.2) is 82.2 Å². The molecule has 0 aliphatic carbocycles. The van der Waals surface area contributed by atoms with Gasteiger partial charge in [-0.3, -0.25) is 14.9 Å². The van der Waals surface area contributed by atoms with Crippen molar-refractivity contribution < 1.29 is 22.7 Å². The summed E-state index contributed by atoms with van der Waals surface area (Å²) >= 11 is 14.4. The fourth-order valence-electron chi connectivity index (χ4n) is 2.61. The van der Waals surface area contributed by atoms with Gasteiger partial charge in [0.1, 0.15) is 5.75 Å². The molecule has 0 radical (unpaired) electrons. The number of sulfonamides is 1. The lowest BCUT2D eigenvalue weighted by atomic mass is 10.2. The number of carbonyl (C=O) groups is 2. The third-order valence-corrected chi connectivity index (χ3v) is 6.53. The summed E-state index contributed by atoms with van der Waals surface area (Å²) in [5.74, 6) is -0.910. The van der Waals surface area contributed by atoms with Gasteiger partial charge in [0.2, 0.25) is 0 Å². The molecule has 3 aromatic rings. The number of hydrogen-bond acceptors (Lipinski definition) is 6. The minimum atomic E-state index is -4.07. The number of anilines is 1. The fourth-order valence-corrected chi connectivity index (χ4v) is 4.54. The normalized spacial score (nSPS) is 10.8. The lowest BCUT2D eigenvalue weighted by molar-refractivity contribution is -0.121. The van der Waals surface area contributed by atoms with Crippen LogP contribution in [0.1, 0.15) is 10.4 Å². The smallest absolute Gasteiger partial charge is 0.264 e. The Labute approximate surface area is 214 Å². The highest BCUT2D eigenvalue weighted by atomic mass is 79.9. The first-order valence-electron chi connectivity index (χ1n) is 9.55. The lowest BCUT2D eigenvalue weighted by Gasteiger charge is -2.12. The van der Waals surface area contributed by atoms with Crippen LogP contribution in [-0.4, -0.2) is 32.0 Å². The summed E-state index contributed by atoms with van der Waals surface area (Å²) in [7, 11) is -4.07. The number of halogens is 2. The Morgan fingerprint density at radius 2 is 1.68 bits per heavy atom.